The third-order valence-corrected chi connectivity index (χ3v) is 4.79. The van der Waals surface area contributed by atoms with Gasteiger partial charge >= 0.3 is 0 Å². The number of carbonyl (C=O) groups excluding carboxylic acids is 2. The number of rotatable bonds is 4. The Morgan fingerprint density at radius 1 is 1.27 bits per heavy atom. The summed E-state index contributed by atoms with van der Waals surface area (Å²) >= 11 is 6.07. The summed E-state index contributed by atoms with van der Waals surface area (Å²) in [7, 11) is 0. The lowest BCUT2D eigenvalue weighted by Crippen LogP contribution is -2.43. The van der Waals surface area contributed by atoms with Crippen LogP contribution in [0.2, 0.25) is 5.02 Å². The lowest BCUT2D eigenvalue weighted by Gasteiger charge is -2.28. The van der Waals surface area contributed by atoms with E-state index in [4.69, 9.17) is 16.3 Å². The second kappa shape index (κ2) is 10.1. The molecule has 1 unspecified atom stereocenters. The van der Waals surface area contributed by atoms with Gasteiger partial charge in [-0.2, -0.15) is 0 Å². The van der Waals surface area contributed by atoms with Crippen LogP contribution < -0.4 is 10.6 Å². The van der Waals surface area contributed by atoms with Gasteiger partial charge in [-0.15, -0.1) is 12.4 Å². The minimum absolute atomic E-state index is 0. The highest BCUT2D eigenvalue weighted by Gasteiger charge is 2.23. The Kier molecular flexibility index (Phi) is 8.15. The average Bonchev–Trinajstić information content (AvgIpc) is 2.63. The predicted octanol–water partition coefficient (Wildman–Crippen LogP) is 2.70. The zero-order valence-electron chi connectivity index (χ0n) is 14.6. The topological polar surface area (TPSA) is 70.7 Å². The van der Waals surface area contributed by atoms with Crippen molar-refractivity contribution in [1.29, 1.82) is 0 Å². The fourth-order valence-electron chi connectivity index (χ4n) is 3.25. The standard InChI is InChI=1S/C18H24ClN3O3.ClH/c19-13-4-5-15(18(24)22-7-2-1-3-8-22)16(10-13)21-17(23)11-14-12-25-9-6-20-14;/h4-5,10,14,20H,1-3,6-9,11-12H2,(H,21,23);1H. The molecular formula is C18H25Cl2N3O3. The first kappa shape index (κ1) is 21.0. The number of likely N-dealkylation sites (tertiary alicyclic amines) is 1. The van der Waals surface area contributed by atoms with Crippen LogP contribution >= 0.6 is 24.0 Å². The van der Waals surface area contributed by atoms with Gasteiger partial charge in [0.05, 0.1) is 24.5 Å². The Balaban J connectivity index is 0.00000243. The highest BCUT2D eigenvalue weighted by molar-refractivity contribution is 6.31. The molecule has 0 radical (unpaired) electrons. The van der Waals surface area contributed by atoms with Crippen molar-refractivity contribution in [3.05, 3.63) is 28.8 Å². The maximum absolute atomic E-state index is 12.8. The van der Waals surface area contributed by atoms with Gasteiger partial charge in [0.2, 0.25) is 5.91 Å². The second-order valence-electron chi connectivity index (χ2n) is 6.52. The van der Waals surface area contributed by atoms with Crippen LogP contribution in [0.5, 0.6) is 0 Å². The fourth-order valence-corrected chi connectivity index (χ4v) is 3.42. The lowest BCUT2D eigenvalue weighted by atomic mass is 10.1. The minimum Gasteiger partial charge on any atom is -0.378 e. The fraction of sp³-hybridized carbons (Fsp3) is 0.556. The van der Waals surface area contributed by atoms with Crippen LogP contribution in [0.15, 0.2) is 18.2 Å². The molecule has 0 aromatic heterocycles. The summed E-state index contributed by atoms with van der Waals surface area (Å²) in [5.41, 5.74) is 0.970. The van der Waals surface area contributed by atoms with Crippen molar-refractivity contribution >= 4 is 41.5 Å². The number of halogens is 2. The third-order valence-electron chi connectivity index (χ3n) is 4.56. The monoisotopic (exact) mass is 401 g/mol. The largest absolute Gasteiger partial charge is 0.378 e. The number of morpholine rings is 1. The Morgan fingerprint density at radius 2 is 2.04 bits per heavy atom. The number of hydrogen-bond donors (Lipinski definition) is 2. The molecule has 2 heterocycles. The normalized spacial score (nSPS) is 20.2. The van der Waals surface area contributed by atoms with Gasteiger partial charge < -0.3 is 20.3 Å². The molecule has 2 aliphatic rings. The number of piperidine rings is 1. The van der Waals surface area contributed by atoms with Gasteiger partial charge in [-0.05, 0) is 37.5 Å². The van der Waals surface area contributed by atoms with Crippen molar-refractivity contribution < 1.29 is 14.3 Å². The third kappa shape index (κ3) is 5.58. The van der Waals surface area contributed by atoms with Crippen LogP contribution in [0.1, 0.15) is 36.0 Å². The van der Waals surface area contributed by atoms with E-state index in [1.807, 2.05) is 4.90 Å². The first-order valence-electron chi connectivity index (χ1n) is 8.83. The molecule has 2 aliphatic heterocycles. The van der Waals surface area contributed by atoms with Crippen LogP contribution in [-0.4, -0.2) is 55.6 Å². The van der Waals surface area contributed by atoms with Crippen molar-refractivity contribution in [3.63, 3.8) is 0 Å². The van der Waals surface area contributed by atoms with Crippen LogP contribution in [0.25, 0.3) is 0 Å². The number of anilines is 1. The maximum Gasteiger partial charge on any atom is 0.255 e. The molecular weight excluding hydrogens is 377 g/mol. The molecule has 6 nitrogen and oxygen atoms in total. The molecule has 2 amide bonds. The van der Waals surface area contributed by atoms with E-state index in [0.29, 0.717) is 35.9 Å². The molecule has 3 rings (SSSR count). The first-order valence-corrected chi connectivity index (χ1v) is 9.21. The molecule has 0 aliphatic carbocycles. The van der Waals surface area contributed by atoms with Gasteiger partial charge in [0.25, 0.3) is 5.91 Å². The number of carbonyl (C=O) groups is 2. The Labute approximate surface area is 165 Å². The summed E-state index contributed by atoms with van der Waals surface area (Å²) in [6, 6.07) is 5.01. The molecule has 2 N–H and O–H groups in total. The average molecular weight is 402 g/mol. The predicted molar refractivity (Wildman–Crippen MR) is 104 cm³/mol. The van der Waals surface area contributed by atoms with E-state index in [1.54, 1.807) is 18.2 Å². The Morgan fingerprint density at radius 3 is 2.73 bits per heavy atom. The molecule has 144 valence electrons. The zero-order valence-corrected chi connectivity index (χ0v) is 16.2. The van der Waals surface area contributed by atoms with Crippen LogP contribution in [0.3, 0.4) is 0 Å². The summed E-state index contributed by atoms with van der Waals surface area (Å²) in [6.45, 7) is 3.45. The molecule has 0 bridgehead atoms. The first-order chi connectivity index (χ1) is 12.1. The minimum atomic E-state index is -0.155. The number of hydrogen-bond acceptors (Lipinski definition) is 4. The summed E-state index contributed by atoms with van der Waals surface area (Å²) in [4.78, 5) is 27.0. The van der Waals surface area contributed by atoms with Gasteiger partial charge in [-0.3, -0.25) is 9.59 Å². The van der Waals surface area contributed by atoms with E-state index in [-0.39, 0.29) is 30.3 Å². The van der Waals surface area contributed by atoms with Gasteiger partial charge in [0.1, 0.15) is 0 Å². The molecule has 8 heteroatoms. The molecule has 1 aromatic rings. The number of benzene rings is 1. The van der Waals surface area contributed by atoms with E-state index < -0.39 is 0 Å². The molecule has 2 fully saturated rings. The van der Waals surface area contributed by atoms with Gasteiger partial charge in [0, 0.05) is 37.1 Å². The number of amides is 2. The van der Waals surface area contributed by atoms with E-state index in [9.17, 15) is 9.59 Å². The Hall–Kier alpha value is -1.34. The van der Waals surface area contributed by atoms with Crippen LogP contribution in [0, 0.1) is 0 Å². The van der Waals surface area contributed by atoms with Crippen molar-refractivity contribution in [1.82, 2.24) is 10.2 Å². The molecule has 1 atom stereocenters. The summed E-state index contributed by atoms with van der Waals surface area (Å²) in [5.74, 6) is -0.205. The molecule has 26 heavy (non-hydrogen) atoms. The van der Waals surface area contributed by atoms with E-state index in [2.05, 4.69) is 10.6 Å². The summed E-state index contributed by atoms with van der Waals surface area (Å²) in [6.07, 6.45) is 3.50. The van der Waals surface area contributed by atoms with Crippen molar-refractivity contribution in [2.24, 2.45) is 0 Å². The number of nitrogens with zero attached hydrogens (tertiary/aromatic N) is 1. The molecule has 1 aromatic carbocycles. The quantitative estimate of drug-likeness (QED) is 0.813. The van der Waals surface area contributed by atoms with Gasteiger partial charge in [0.15, 0.2) is 0 Å². The Bertz CT molecular complexity index is 630. The van der Waals surface area contributed by atoms with E-state index in [0.717, 1.165) is 38.9 Å². The lowest BCUT2D eigenvalue weighted by molar-refractivity contribution is -0.117. The maximum atomic E-state index is 12.8. The summed E-state index contributed by atoms with van der Waals surface area (Å²) in [5, 5.41) is 6.59. The van der Waals surface area contributed by atoms with E-state index >= 15 is 0 Å². The van der Waals surface area contributed by atoms with E-state index in [1.165, 1.54) is 0 Å². The molecule has 2 saturated heterocycles. The van der Waals surface area contributed by atoms with Crippen LogP contribution in [0.4, 0.5) is 5.69 Å². The van der Waals surface area contributed by atoms with Crippen LogP contribution in [-0.2, 0) is 9.53 Å². The number of ether oxygens (including phenoxy) is 1. The van der Waals surface area contributed by atoms with Crippen molar-refractivity contribution in [3.8, 4) is 0 Å². The van der Waals surface area contributed by atoms with Gasteiger partial charge in [-0.25, -0.2) is 0 Å². The summed E-state index contributed by atoms with van der Waals surface area (Å²) < 4.78 is 5.37. The molecule has 0 spiro atoms. The SMILES string of the molecule is Cl.O=C(CC1COCCN1)Nc1cc(Cl)ccc1C(=O)N1CCCCC1. The smallest absolute Gasteiger partial charge is 0.255 e. The number of nitrogens with one attached hydrogen (secondary N) is 2. The second-order valence-corrected chi connectivity index (χ2v) is 6.96. The highest BCUT2D eigenvalue weighted by atomic mass is 35.5. The van der Waals surface area contributed by atoms with Gasteiger partial charge in [-0.1, -0.05) is 11.6 Å². The molecule has 0 saturated carbocycles. The van der Waals surface area contributed by atoms with Crippen molar-refractivity contribution in [2.45, 2.75) is 31.7 Å². The highest BCUT2D eigenvalue weighted by Crippen LogP contribution is 2.24. The zero-order chi connectivity index (χ0) is 17.6. The van der Waals surface area contributed by atoms with Crippen molar-refractivity contribution in [2.75, 3.05) is 38.2 Å².